The molecule has 5 atom stereocenters. The van der Waals surface area contributed by atoms with Crippen molar-refractivity contribution in [1.29, 1.82) is 0 Å². The molecule has 1 saturated carbocycles. The van der Waals surface area contributed by atoms with Gasteiger partial charge in [-0.3, -0.25) is 0 Å². The van der Waals surface area contributed by atoms with Gasteiger partial charge in [-0.1, -0.05) is 220 Å². The van der Waals surface area contributed by atoms with Gasteiger partial charge in [0.25, 0.3) is 16.6 Å². The molecular formula is C56H72O5Si2. The average Bonchev–Trinajstić information content (AvgIpc) is 3.27. The average molecular weight is 881 g/mol. The van der Waals surface area contributed by atoms with Crippen LogP contribution >= 0.6 is 0 Å². The van der Waals surface area contributed by atoms with Gasteiger partial charge in [-0.15, -0.1) is 0 Å². The second kappa shape index (κ2) is 20.6. The molecule has 0 saturated heterocycles. The number of aliphatic hydroxyl groups excluding tert-OH is 1. The van der Waals surface area contributed by atoms with Crippen molar-refractivity contribution < 1.29 is 23.5 Å². The maximum absolute atomic E-state index is 14.1. The Morgan fingerprint density at radius 3 is 1.51 bits per heavy atom. The van der Waals surface area contributed by atoms with Crippen molar-refractivity contribution in [3.05, 3.63) is 169 Å². The summed E-state index contributed by atoms with van der Waals surface area (Å²) in [6, 6.07) is 52.9. The Labute approximate surface area is 381 Å². The molecule has 5 aromatic rings. The van der Waals surface area contributed by atoms with Gasteiger partial charge in [-0.05, 0) is 79.5 Å². The fraction of sp³-hybridized carbons (Fsp3) is 0.411. The van der Waals surface area contributed by atoms with Crippen LogP contribution in [-0.2, 0) is 23.8 Å². The predicted octanol–water partition coefficient (Wildman–Crippen LogP) is 10.5. The molecule has 1 fully saturated rings. The predicted molar refractivity (Wildman–Crippen MR) is 266 cm³/mol. The van der Waals surface area contributed by atoms with E-state index in [9.17, 15) is 9.90 Å². The van der Waals surface area contributed by atoms with E-state index in [2.05, 4.69) is 190 Å². The number of aliphatic hydroxyl groups is 1. The van der Waals surface area contributed by atoms with Crippen molar-refractivity contribution in [3.8, 4) is 0 Å². The van der Waals surface area contributed by atoms with Gasteiger partial charge < -0.3 is 18.7 Å². The van der Waals surface area contributed by atoms with Gasteiger partial charge in [-0.25, -0.2) is 4.79 Å². The van der Waals surface area contributed by atoms with Crippen molar-refractivity contribution in [3.63, 3.8) is 0 Å². The van der Waals surface area contributed by atoms with Crippen molar-refractivity contribution in [2.75, 3.05) is 6.61 Å². The summed E-state index contributed by atoms with van der Waals surface area (Å²) in [7, 11) is -5.93. The van der Waals surface area contributed by atoms with Crippen molar-refractivity contribution in [2.45, 2.75) is 128 Å². The zero-order valence-electron chi connectivity index (χ0n) is 39.3. The Bertz CT molecular complexity index is 2100. The summed E-state index contributed by atoms with van der Waals surface area (Å²) >= 11 is 0. The Morgan fingerprint density at radius 1 is 0.635 bits per heavy atom. The van der Waals surface area contributed by atoms with Gasteiger partial charge in [-0.2, -0.15) is 0 Å². The number of carbonyl (C=O) groups is 1. The Hall–Kier alpha value is -4.38. The van der Waals surface area contributed by atoms with Crippen LogP contribution in [0.3, 0.4) is 0 Å². The van der Waals surface area contributed by atoms with E-state index in [-0.39, 0.29) is 40.1 Å². The largest absolute Gasteiger partial charge is 0.459 e. The number of benzene rings is 5. The molecule has 0 aliphatic heterocycles. The minimum absolute atomic E-state index is 0.169. The first kappa shape index (κ1) is 48.1. The third-order valence-corrected chi connectivity index (χ3v) is 23.7. The molecule has 1 N–H and O–H groups in total. The zero-order chi connectivity index (χ0) is 45.3. The highest BCUT2D eigenvalue weighted by Crippen LogP contribution is 2.44. The van der Waals surface area contributed by atoms with Crippen LogP contribution in [0.25, 0.3) is 0 Å². The van der Waals surface area contributed by atoms with E-state index in [1.807, 2.05) is 30.3 Å². The van der Waals surface area contributed by atoms with E-state index in [1.165, 1.54) is 15.9 Å². The summed E-state index contributed by atoms with van der Waals surface area (Å²) in [4.78, 5) is 14.1. The van der Waals surface area contributed by atoms with Gasteiger partial charge in [0.2, 0.25) is 0 Å². The molecule has 0 amide bonds. The molecule has 0 radical (unpaired) electrons. The number of ether oxygens (including phenoxy) is 1. The lowest BCUT2D eigenvalue weighted by Gasteiger charge is -2.45. The van der Waals surface area contributed by atoms with Crippen LogP contribution in [0.2, 0.25) is 10.1 Å². The second-order valence-corrected chi connectivity index (χ2v) is 29.0. The molecular weight excluding hydrogens is 809 g/mol. The minimum atomic E-state index is -3.05. The van der Waals surface area contributed by atoms with Crippen LogP contribution in [0.15, 0.2) is 164 Å². The highest BCUT2D eigenvalue weighted by molar-refractivity contribution is 7.00. The van der Waals surface area contributed by atoms with E-state index in [1.54, 1.807) is 6.08 Å². The fourth-order valence-corrected chi connectivity index (χ4v) is 19.5. The monoisotopic (exact) mass is 880 g/mol. The number of hydrogen-bond donors (Lipinski definition) is 1. The molecule has 0 spiro atoms. The quantitative estimate of drug-likeness (QED) is 0.0573. The van der Waals surface area contributed by atoms with Gasteiger partial charge in [0, 0.05) is 12.0 Å². The van der Waals surface area contributed by atoms with Gasteiger partial charge in [0.05, 0.1) is 18.8 Å². The summed E-state index contributed by atoms with van der Waals surface area (Å²) in [5.74, 6) is 0.297. The highest BCUT2D eigenvalue weighted by Gasteiger charge is 2.52. The van der Waals surface area contributed by atoms with Gasteiger partial charge >= 0.3 is 5.97 Å². The Morgan fingerprint density at radius 2 is 1.06 bits per heavy atom. The number of rotatable bonds is 17. The first-order chi connectivity index (χ1) is 30.0. The molecule has 5 nitrogen and oxygen atoms in total. The maximum Gasteiger partial charge on any atom is 0.330 e. The summed E-state index contributed by atoms with van der Waals surface area (Å²) in [6.07, 6.45) is 5.84. The van der Waals surface area contributed by atoms with Gasteiger partial charge in [0.1, 0.15) is 6.10 Å². The molecule has 0 bridgehead atoms. The summed E-state index contributed by atoms with van der Waals surface area (Å²) < 4.78 is 21.3. The van der Waals surface area contributed by atoms with Gasteiger partial charge in [0.15, 0.2) is 0 Å². The fourth-order valence-electron chi connectivity index (χ4n) is 10.3. The number of carbonyl (C=O) groups excluding carboxylic acids is 1. The molecule has 0 aromatic heterocycles. The molecule has 1 aliphatic rings. The van der Waals surface area contributed by atoms with Crippen LogP contribution in [0.4, 0.5) is 0 Å². The van der Waals surface area contributed by atoms with Crippen LogP contribution in [0.5, 0.6) is 0 Å². The van der Waals surface area contributed by atoms with Crippen LogP contribution in [0.1, 0.15) is 100.0 Å². The maximum atomic E-state index is 14.1. The summed E-state index contributed by atoms with van der Waals surface area (Å²) in [6.45, 7) is 20.6. The van der Waals surface area contributed by atoms with Crippen molar-refractivity contribution in [2.24, 2.45) is 11.8 Å². The van der Waals surface area contributed by atoms with Crippen LogP contribution in [0, 0.1) is 11.8 Å². The van der Waals surface area contributed by atoms with E-state index in [0.29, 0.717) is 18.8 Å². The molecule has 1 aliphatic carbocycles. The summed E-state index contributed by atoms with van der Waals surface area (Å²) in [5, 5.41) is 16.1. The summed E-state index contributed by atoms with van der Waals surface area (Å²) in [5.41, 5.74) is 1.09. The molecule has 5 aromatic carbocycles. The topological polar surface area (TPSA) is 65.0 Å². The van der Waals surface area contributed by atoms with E-state index in [0.717, 1.165) is 29.6 Å². The molecule has 6 rings (SSSR count). The molecule has 0 unspecified atom stereocenters. The van der Waals surface area contributed by atoms with Crippen LogP contribution in [-0.4, -0.2) is 52.6 Å². The molecule has 334 valence electrons. The molecule has 63 heavy (non-hydrogen) atoms. The zero-order valence-corrected chi connectivity index (χ0v) is 41.3. The highest BCUT2D eigenvalue weighted by atomic mass is 28.4. The lowest BCUT2D eigenvalue weighted by atomic mass is 9.64. The van der Waals surface area contributed by atoms with E-state index in [4.69, 9.17) is 13.6 Å². The van der Waals surface area contributed by atoms with E-state index >= 15 is 0 Å². The molecule has 0 heterocycles. The number of esters is 1. The Kier molecular flexibility index (Phi) is 15.8. The normalized spacial score (nSPS) is 18.8. The molecule has 7 heteroatoms. The first-order valence-corrected chi connectivity index (χ1v) is 27.0. The third-order valence-electron chi connectivity index (χ3n) is 13.7. The second-order valence-electron chi connectivity index (χ2n) is 20.5. The number of hydrogen-bond acceptors (Lipinski definition) is 5. The van der Waals surface area contributed by atoms with Crippen LogP contribution < -0.4 is 20.7 Å². The lowest BCUT2D eigenvalue weighted by molar-refractivity contribution is -0.150. The van der Waals surface area contributed by atoms with Crippen molar-refractivity contribution >= 4 is 43.4 Å². The Balaban J connectivity index is 1.31. The van der Waals surface area contributed by atoms with Crippen molar-refractivity contribution in [1.82, 2.24) is 0 Å². The SMILES string of the molecule is C[C@@H]1CC[C@@H](C(C)(C)c2ccccc2)[C@H](OC(=O)/C=C/[C@H](CC[C@@H](O)CO[Si](c2ccccc2)(c2ccccc2)C(C)(C)C)O[Si](c2ccccc2)(c2ccccc2)C(C)(C)C)C1. The first-order valence-electron chi connectivity index (χ1n) is 23.2. The standard InChI is InChI=1S/C56H72O5Si2/c1-43-35-39-51(56(8,9)44-25-15-10-16-26-44)52(41-43)60-53(58)40-38-46(61-63(55(5,6)7,49-31-21-13-22-32-49)50-33-23-14-24-34-50)37-36-45(57)42-59-62(54(2,3)4,47-27-17-11-18-28-47)48-29-19-12-20-30-48/h10-34,38,40,43,45-46,51-52,57H,35-37,39,41-42H2,1-9H3/b40-38+/t43-,45-,46+,51-,52-/m1/s1. The minimum Gasteiger partial charge on any atom is -0.459 e. The lowest BCUT2D eigenvalue weighted by Crippen LogP contribution is -2.67. The van der Waals surface area contributed by atoms with E-state index < -0.39 is 28.8 Å². The third kappa shape index (κ3) is 10.9. The smallest absolute Gasteiger partial charge is 0.330 e.